The van der Waals surface area contributed by atoms with Gasteiger partial charge in [0.2, 0.25) is 0 Å². The predicted molar refractivity (Wildman–Crippen MR) is 234 cm³/mol. The van der Waals surface area contributed by atoms with Crippen LogP contribution in [0.5, 0.6) is 23.0 Å². The number of esters is 6. The molecule has 4 atom stereocenters. The van der Waals surface area contributed by atoms with Gasteiger partial charge in [-0.05, 0) is 47.2 Å². The van der Waals surface area contributed by atoms with Crippen molar-refractivity contribution in [3.05, 3.63) is 71.8 Å². The Morgan fingerprint density at radius 1 is 0.485 bits per heavy atom. The number of carbonyl (C=O) groups is 6. The molecular weight excluding hydrogens is 980 g/mol. The molecule has 8 rings (SSSR count). The Hall–Kier alpha value is -4.90. The highest BCUT2D eigenvalue weighted by molar-refractivity contribution is 5.93. The molecule has 66 heavy (non-hydrogen) atoms. The van der Waals surface area contributed by atoms with E-state index in [0.717, 1.165) is 56.5 Å². The summed E-state index contributed by atoms with van der Waals surface area (Å²) in [6.45, 7) is 6.65. The van der Waals surface area contributed by atoms with Gasteiger partial charge in [0.15, 0.2) is 0 Å². The molecule has 14 nitrogen and oxygen atoms in total. The summed E-state index contributed by atoms with van der Waals surface area (Å²) >= 11 is 0. The average molecular weight is 1040 g/mol. The number of carbonyl (C=O) groups excluding carboxylic acids is 6. The summed E-state index contributed by atoms with van der Waals surface area (Å²) in [5.41, 5.74) is 1.75. The van der Waals surface area contributed by atoms with E-state index in [2.05, 4.69) is 14.1 Å². The molecule has 0 amide bonds. The standard InChI is InChI=1S/C50H58N2O12.2BrH/c1-29(53)59-45-11-7-9-33-19-35(47(25-43(33)45)61-31(3)55)27-51(5)37-13-14-38(51)22-41(21-37)63-49(57)17-18-50(58)64-42-23-39-15-16-40(24-42)52(39,6)28-36-20-34-10-8-12-46(60-30(2)54)44(34)26-48(36)62-32(4)56;;/h7-12,19-20,25-26,37-42H,13-18,21-24,27-28H2,1-6H3;2*1H/q+2;;/p-2. The van der Waals surface area contributed by atoms with Crippen LogP contribution in [0.3, 0.4) is 0 Å². The summed E-state index contributed by atoms with van der Waals surface area (Å²) in [5, 5.41) is 3.09. The van der Waals surface area contributed by atoms with Crippen molar-refractivity contribution in [1.29, 1.82) is 0 Å². The Labute approximate surface area is 405 Å². The Morgan fingerprint density at radius 3 is 1.12 bits per heavy atom. The lowest BCUT2D eigenvalue weighted by molar-refractivity contribution is -0.961. The van der Waals surface area contributed by atoms with Crippen LogP contribution in [0.25, 0.3) is 21.5 Å². The summed E-state index contributed by atoms with van der Waals surface area (Å²) in [4.78, 5) is 74.4. The van der Waals surface area contributed by atoms with E-state index in [9.17, 15) is 28.8 Å². The van der Waals surface area contributed by atoms with E-state index >= 15 is 0 Å². The number of nitrogens with zero attached hydrogens (tertiary/aromatic N) is 2. The van der Waals surface area contributed by atoms with E-state index in [1.165, 1.54) is 27.7 Å². The van der Waals surface area contributed by atoms with Crippen LogP contribution in [0.4, 0.5) is 0 Å². The fraction of sp³-hybridized carbons (Fsp3) is 0.480. The number of rotatable bonds is 13. The van der Waals surface area contributed by atoms with Crippen molar-refractivity contribution in [1.82, 2.24) is 0 Å². The molecule has 4 unspecified atom stereocenters. The molecule has 0 N–H and O–H groups in total. The molecule has 0 aliphatic carbocycles. The van der Waals surface area contributed by atoms with Crippen LogP contribution >= 0.6 is 0 Å². The number of quaternary nitrogens is 2. The fourth-order valence-electron chi connectivity index (χ4n) is 11.4. The van der Waals surface area contributed by atoms with Crippen molar-refractivity contribution in [2.75, 3.05) is 14.1 Å². The van der Waals surface area contributed by atoms with Crippen LogP contribution in [-0.4, -0.2) is 95.3 Å². The van der Waals surface area contributed by atoms with Crippen molar-refractivity contribution in [3.8, 4) is 23.0 Å². The van der Waals surface area contributed by atoms with Gasteiger partial charge < -0.3 is 71.4 Å². The topological polar surface area (TPSA) is 158 Å². The monoisotopic (exact) mass is 1040 g/mol. The van der Waals surface area contributed by atoms with Gasteiger partial charge in [-0.3, -0.25) is 28.8 Å². The molecule has 0 saturated carbocycles. The lowest BCUT2D eigenvalue weighted by atomic mass is 9.94. The molecular formula is C50H58Br2N2O12. The summed E-state index contributed by atoms with van der Waals surface area (Å²) in [5.74, 6) is -0.900. The van der Waals surface area contributed by atoms with Gasteiger partial charge in [0.1, 0.15) is 48.3 Å². The van der Waals surface area contributed by atoms with Gasteiger partial charge >= 0.3 is 35.8 Å². The first-order valence-electron chi connectivity index (χ1n) is 22.4. The Kier molecular flexibility index (Phi) is 15.7. The predicted octanol–water partition coefficient (Wildman–Crippen LogP) is 1.55. The SMILES string of the molecule is CC(=O)Oc1cc2c(OC(C)=O)cccc2cc1C[N+]1(C)C2CCC1CC(OC(=O)CCC(=O)OC1CC3CCC(C1)[N+]3(C)Cc1cc3cccc(OC(C)=O)c3cc1OC(C)=O)C2.[Br-].[Br-]. The van der Waals surface area contributed by atoms with Crippen molar-refractivity contribution in [2.45, 2.75) is 141 Å². The van der Waals surface area contributed by atoms with E-state index in [4.69, 9.17) is 28.4 Å². The molecule has 4 aromatic rings. The second kappa shape index (κ2) is 20.5. The van der Waals surface area contributed by atoms with E-state index in [-0.39, 0.29) is 83.2 Å². The van der Waals surface area contributed by atoms with Gasteiger partial charge in [-0.15, -0.1) is 0 Å². The number of halogens is 2. The van der Waals surface area contributed by atoms with Crippen LogP contribution < -0.4 is 52.9 Å². The maximum atomic E-state index is 13.2. The second-order valence-electron chi connectivity index (χ2n) is 18.7. The number of piperidine rings is 2. The zero-order chi connectivity index (χ0) is 45.5. The summed E-state index contributed by atoms with van der Waals surface area (Å²) in [7, 11) is 4.44. The molecule has 4 saturated heterocycles. The molecule has 4 aromatic carbocycles. The van der Waals surface area contributed by atoms with Crippen LogP contribution in [0.15, 0.2) is 60.7 Å². The molecule has 0 radical (unpaired) electrons. The third kappa shape index (κ3) is 10.8. The molecule has 4 fully saturated rings. The lowest BCUT2D eigenvalue weighted by Crippen LogP contribution is -3.00. The maximum absolute atomic E-state index is 13.2. The molecule has 0 aromatic heterocycles. The first-order valence-corrected chi connectivity index (χ1v) is 22.4. The highest BCUT2D eigenvalue weighted by Gasteiger charge is 2.54. The average Bonchev–Trinajstić information content (AvgIpc) is 3.43. The minimum Gasteiger partial charge on any atom is -1.00 e. The van der Waals surface area contributed by atoms with Crippen LogP contribution in [0, 0.1) is 0 Å². The van der Waals surface area contributed by atoms with Crippen LogP contribution in [0.2, 0.25) is 0 Å². The molecule has 16 heteroatoms. The smallest absolute Gasteiger partial charge is 0.308 e. The zero-order valence-corrected chi connectivity index (χ0v) is 41.4. The Balaban J connectivity index is 0.00000360. The van der Waals surface area contributed by atoms with E-state index < -0.39 is 35.8 Å². The molecule has 4 bridgehead atoms. The third-order valence-corrected chi connectivity index (χ3v) is 14.4. The third-order valence-electron chi connectivity index (χ3n) is 14.4. The van der Waals surface area contributed by atoms with Gasteiger partial charge in [-0.2, -0.15) is 0 Å². The maximum Gasteiger partial charge on any atom is 0.308 e. The number of ether oxygens (including phenoxy) is 6. The van der Waals surface area contributed by atoms with Crippen LogP contribution in [0.1, 0.15) is 103 Å². The second-order valence-corrected chi connectivity index (χ2v) is 18.7. The van der Waals surface area contributed by atoms with Gasteiger partial charge in [-0.25, -0.2) is 0 Å². The van der Waals surface area contributed by atoms with Crippen molar-refractivity contribution >= 4 is 57.4 Å². The Bertz CT molecular complexity index is 2340. The normalized spacial score (nSPS) is 26.0. The Morgan fingerprint density at radius 2 is 0.803 bits per heavy atom. The molecule has 4 heterocycles. The minimum atomic E-state index is -0.441. The lowest BCUT2D eigenvalue weighted by Gasteiger charge is -2.47. The van der Waals surface area contributed by atoms with Crippen molar-refractivity contribution in [2.24, 2.45) is 0 Å². The fourth-order valence-corrected chi connectivity index (χ4v) is 11.4. The number of benzene rings is 4. The molecule has 354 valence electrons. The highest BCUT2D eigenvalue weighted by Crippen LogP contribution is 2.47. The minimum absolute atomic E-state index is 0. The van der Waals surface area contributed by atoms with E-state index in [1.54, 1.807) is 24.3 Å². The summed E-state index contributed by atoms with van der Waals surface area (Å²) < 4.78 is 35.8. The molecule has 4 aliphatic rings. The van der Waals surface area contributed by atoms with Gasteiger partial charge in [0.05, 0.1) is 51.1 Å². The number of fused-ring (bicyclic) bond motifs is 6. The highest BCUT2D eigenvalue weighted by atomic mass is 79.9. The molecule has 4 aliphatic heterocycles. The largest absolute Gasteiger partial charge is 1.00 e. The van der Waals surface area contributed by atoms with Crippen molar-refractivity contribution in [3.63, 3.8) is 0 Å². The van der Waals surface area contributed by atoms with Gasteiger partial charge in [-0.1, -0.05) is 24.3 Å². The summed E-state index contributed by atoms with van der Waals surface area (Å²) in [6.07, 6.45) is 6.04. The first kappa shape index (κ1) is 50.5. The first-order chi connectivity index (χ1) is 30.5. The number of hydrogen-bond donors (Lipinski definition) is 0. The quantitative estimate of drug-likeness (QED) is 0.108. The van der Waals surface area contributed by atoms with Gasteiger partial charge in [0, 0.05) is 101 Å². The van der Waals surface area contributed by atoms with E-state index in [1.807, 2.05) is 36.4 Å². The number of hydrogen-bond acceptors (Lipinski definition) is 12. The zero-order valence-electron chi connectivity index (χ0n) is 38.3. The van der Waals surface area contributed by atoms with E-state index in [0.29, 0.717) is 72.5 Å². The summed E-state index contributed by atoms with van der Waals surface area (Å²) in [6, 6.07) is 19.4. The van der Waals surface area contributed by atoms with Gasteiger partial charge in [0.25, 0.3) is 0 Å². The van der Waals surface area contributed by atoms with Crippen LogP contribution in [-0.2, 0) is 51.3 Å². The molecule has 0 spiro atoms. The van der Waals surface area contributed by atoms with Crippen molar-refractivity contribution < 1.29 is 100 Å².